The molecular formula is C43H24N2OS. The first kappa shape index (κ1) is 26.1. The number of fused-ring (bicyclic) bond motifs is 9. The molecule has 0 N–H and O–H groups in total. The third-order valence-electron chi connectivity index (χ3n) is 9.46. The molecule has 0 atom stereocenters. The molecule has 218 valence electrons. The molecule has 0 aliphatic carbocycles. The molecule has 0 spiro atoms. The second-order valence-electron chi connectivity index (χ2n) is 12.0. The van der Waals surface area contributed by atoms with Crippen LogP contribution >= 0.6 is 11.3 Å². The molecule has 0 fully saturated rings. The van der Waals surface area contributed by atoms with Crippen LogP contribution < -0.4 is 0 Å². The molecule has 3 nitrogen and oxygen atoms in total. The zero-order valence-electron chi connectivity index (χ0n) is 25.1. The van der Waals surface area contributed by atoms with Crippen LogP contribution in [0, 0.1) is 11.3 Å². The first-order valence-corrected chi connectivity index (χ1v) is 16.5. The Balaban J connectivity index is 1.31. The highest BCUT2D eigenvalue weighted by Crippen LogP contribution is 2.46. The maximum Gasteiger partial charge on any atom is 0.159 e. The second-order valence-corrected chi connectivity index (χ2v) is 13.0. The summed E-state index contributed by atoms with van der Waals surface area (Å²) < 4.78 is 11.7. The number of rotatable bonds is 3. The van der Waals surface area contributed by atoms with Crippen LogP contribution in [0.2, 0.25) is 0 Å². The van der Waals surface area contributed by atoms with Crippen molar-refractivity contribution in [3.8, 4) is 34.0 Å². The lowest BCUT2D eigenvalue weighted by atomic mass is 9.94. The monoisotopic (exact) mass is 616 g/mol. The summed E-state index contributed by atoms with van der Waals surface area (Å²) in [5, 5.41) is 17.1. The van der Waals surface area contributed by atoms with E-state index in [-0.39, 0.29) is 0 Å². The van der Waals surface area contributed by atoms with Gasteiger partial charge in [0.05, 0.1) is 22.3 Å². The Kier molecular flexibility index (Phi) is 5.51. The summed E-state index contributed by atoms with van der Waals surface area (Å²) in [6.45, 7) is 0. The molecule has 0 bridgehead atoms. The van der Waals surface area contributed by atoms with E-state index < -0.39 is 0 Å². The topological polar surface area (TPSA) is 41.9 Å². The molecule has 7 aromatic carbocycles. The number of hydrogen-bond donors (Lipinski definition) is 0. The van der Waals surface area contributed by atoms with Crippen LogP contribution in [0.4, 0.5) is 0 Å². The van der Waals surface area contributed by atoms with Gasteiger partial charge in [-0.15, -0.1) is 11.3 Å². The molecule has 0 saturated carbocycles. The Morgan fingerprint density at radius 3 is 2.13 bits per heavy atom. The lowest BCUT2D eigenvalue weighted by Crippen LogP contribution is -1.94. The fraction of sp³-hybridized carbons (Fsp3) is 0. The number of thiophene rings is 1. The van der Waals surface area contributed by atoms with Crippen molar-refractivity contribution in [2.75, 3.05) is 0 Å². The molecule has 0 amide bonds. The second kappa shape index (κ2) is 9.92. The number of benzene rings is 7. The average Bonchev–Trinajstić information content (AvgIpc) is 3.81. The van der Waals surface area contributed by atoms with E-state index >= 15 is 0 Å². The van der Waals surface area contributed by atoms with Gasteiger partial charge in [0, 0.05) is 41.7 Å². The first-order chi connectivity index (χ1) is 23.3. The Morgan fingerprint density at radius 2 is 1.23 bits per heavy atom. The van der Waals surface area contributed by atoms with Crippen LogP contribution in [-0.4, -0.2) is 4.57 Å². The highest BCUT2D eigenvalue weighted by atomic mass is 32.1. The fourth-order valence-corrected chi connectivity index (χ4v) is 8.55. The van der Waals surface area contributed by atoms with Gasteiger partial charge in [-0.3, -0.25) is 0 Å². The Morgan fingerprint density at radius 1 is 0.511 bits per heavy atom. The normalized spacial score (nSPS) is 11.8. The van der Waals surface area contributed by atoms with Gasteiger partial charge in [0.2, 0.25) is 0 Å². The summed E-state index contributed by atoms with van der Waals surface area (Å²) in [5.41, 5.74) is 9.62. The van der Waals surface area contributed by atoms with Gasteiger partial charge in [0.25, 0.3) is 0 Å². The highest BCUT2D eigenvalue weighted by Gasteiger charge is 2.22. The Bertz CT molecular complexity index is 2920. The lowest BCUT2D eigenvalue weighted by Gasteiger charge is -2.10. The molecule has 10 aromatic rings. The average molecular weight is 617 g/mol. The summed E-state index contributed by atoms with van der Waals surface area (Å²) in [7, 11) is 0. The number of para-hydroxylation sites is 2. The highest BCUT2D eigenvalue weighted by molar-refractivity contribution is 7.25. The van der Waals surface area contributed by atoms with Gasteiger partial charge in [-0.1, -0.05) is 109 Å². The predicted octanol–water partition coefficient (Wildman–Crippen LogP) is 12.3. The van der Waals surface area contributed by atoms with Gasteiger partial charge in [-0.05, 0) is 58.7 Å². The van der Waals surface area contributed by atoms with Crippen LogP contribution in [0.25, 0.3) is 91.9 Å². The van der Waals surface area contributed by atoms with E-state index in [1.54, 1.807) is 0 Å². The van der Waals surface area contributed by atoms with Crippen molar-refractivity contribution in [2.45, 2.75) is 0 Å². The molecule has 0 radical (unpaired) electrons. The van der Waals surface area contributed by atoms with Gasteiger partial charge in [0.15, 0.2) is 11.2 Å². The molecule has 0 aliphatic heterocycles. The quantitative estimate of drug-likeness (QED) is 0.198. The van der Waals surface area contributed by atoms with Crippen molar-refractivity contribution in [3.05, 3.63) is 151 Å². The molecule has 0 aliphatic rings. The zero-order valence-corrected chi connectivity index (χ0v) is 25.9. The Hall–Kier alpha value is -6.15. The number of hydrogen-bond acceptors (Lipinski definition) is 3. The number of nitriles is 1. The van der Waals surface area contributed by atoms with Crippen molar-refractivity contribution >= 4 is 75.3 Å². The molecule has 47 heavy (non-hydrogen) atoms. The van der Waals surface area contributed by atoms with Crippen LogP contribution in [0.1, 0.15) is 5.56 Å². The van der Waals surface area contributed by atoms with E-state index in [0.29, 0.717) is 11.1 Å². The minimum atomic E-state index is 0.529. The molecule has 3 aromatic heterocycles. The van der Waals surface area contributed by atoms with E-state index in [4.69, 9.17) is 4.42 Å². The molecule has 3 heterocycles. The SMILES string of the molecule is N#Cc1ccc(-c2cccc3sc4ccccc4c23)c2c1oc1c(-n3c4ccccc4c4ccc(-c5ccccc5)cc43)cccc12. The third kappa shape index (κ3) is 3.72. The maximum absolute atomic E-state index is 10.3. The minimum Gasteiger partial charge on any atom is -0.452 e. The molecular weight excluding hydrogens is 593 g/mol. The van der Waals surface area contributed by atoms with Gasteiger partial charge < -0.3 is 8.98 Å². The van der Waals surface area contributed by atoms with E-state index in [9.17, 15) is 5.26 Å². The molecule has 10 rings (SSSR count). The van der Waals surface area contributed by atoms with Crippen LogP contribution in [0.15, 0.2) is 150 Å². The fourth-order valence-electron chi connectivity index (χ4n) is 7.42. The standard InChI is InChI=1S/C43H24N2OS/c44-25-28-21-23-32(31-14-9-19-39-40(31)33-13-5-7-18-38(33)47-39)41-34-15-8-17-36(43(34)46-42(28)41)45-35-16-6-4-12-29(35)30-22-20-27(24-37(30)45)26-10-2-1-3-11-26/h1-24H. The largest absolute Gasteiger partial charge is 0.452 e. The van der Waals surface area contributed by atoms with Gasteiger partial charge in [0.1, 0.15) is 6.07 Å². The van der Waals surface area contributed by atoms with E-state index in [0.717, 1.165) is 49.8 Å². The van der Waals surface area contributed by atoms with E-state index in [2.05, 4.69) is 144 Å². The van der Waals surface area contributed by atoms with Crippen molar-refractivity contribution in [1.29, 1.82) is 5.26 Å². The summed E-state index contributed by atoms with van der Waals surface area (Å²) in [5.74, 6) is 0. The summed E-state index contributed by atoms with van der Waals surface area (Å²) in [6, 6.07) is 53.7. The van der Waals surface area contributed by atoms with Crippen LogP contribution in [0.5, 0.6) is 0 Å². The summed E-state index contributed by atoms with van der Waals surface area (Å²) >= 11 is 1.81. The van der Waals surface area contributed by atoms with Crippen molar-refractivity contribution in [2.24, 2.45) is 0 Å². The van der Waals surface area contributed by atoms with Crippen LogP contribution in [-0.2, 0) is 0 Å². The molecule has 0 unspecified atom stereocenters. The van der Waals surface area contributed by atoms with Crippen molar-refractivity contribution in [3.63, 3.8) is 0 Å². The predicted molar refractivity (Wildman–Crippen MR) is 197 cm³/mol. The molecule has 4 heteroatoms. The number of aromatic nitrogens is 1. The maximum atomic E-state index is 10.3. The van der Waals surface area contributed by atoms with Gasteiger partial charge in [-0.25, -0.2) is 0 Å². The van der Waals surface area contributed by atoms with E-state index in [1.807, 2.05) is 23.5 Å². The van der Waals surface area contributed by atoms with Crippen LogP contribution in [0.3, 0.4) is 0 Å². The smallest absolute Gasteiger partial charge is 0.159 e. The Labute approximate surface area is 273 Å². The first-order valence-electron chi connectivity index (χ1n) is 15.7. The van der Waals surface area contributed by atoms with Crippen molar-refractivity contribution in [1.82, 2.24) is 4.57 Å². The zero-order chi connectivity index (χ0) is 31.1. The third-order valence-corrected chi connectivity index (χ3v) is 10.6. The number of nitrogens with zero attached hydrogens (tertiary/aromatic N) is 2. The van der Waals surface area contributed by atoms with Gasteiger partial charge in [-0.2, -0.15) is 5.26 Å². The summed E-state index contributed by atoms with van der Waals surface area (Å²) in [6.07, 6.45) is 0. The minimum absolute atomic E-state index is 0.529. The van der Waals surface area contributed by atoms with Gasteiger partial charge >= 0.3 is 0 Å². The summed E-state index contributed by atoms with van der Waals surface area (Å²) in [4.78, 5) is 0. The lowest BCUT2D eigenvalue weighted by molar-refractivity contribution is 0.665. The molecule has 0 saturated heterocycles. The van der Waals surface area contributed by atoms with E-state index in [1.165, 1.54) is 36.5 Å². The van der Waals surface area contributed by atoms with Crippen molar-refractivity contribution < 1.29 is 4.42 Å². The number of furan rings is 1.